The molecule has 2 unspecified atom stereocenters. The van der Waals surface area contributed by atoms with Crippen molar-refractivity contribution in [2.24, 2.45) is 5.92 Å². The largest absolute Gasteiger partial charge is 0.391 e. The predicted molar refractivity (Wildman–Crippen MR) is 75.1 cm³/mol. The number of nitrogens with one attached hydrogen (secondary N) is 2. The summed E-state index contributed by atoms with van der Waals surface area (Å²) in [5, 5.41) is 21.0. The standard InChI is InChI=1S/C14H18N4O2/c19-13-7-15-5-11(13)6-16-14(20)9-18-8-10-3-1-2-4-12(10)17-18/h1-4,8,11,13,15,19H,5-7,9H2,(H,16,20). The van der Waals surface area contributed by atoms with E-state index in [9.17, 15) is 9.90 Å². The number of aliphatic hydroxyl groups is 1. The predicted octanol–water partition coefficient (Wildman–Crippen LogP) is -0.267. The third-order valence-corrected chi connectivity index (χ3v) is 3.63. The molecule has 0 saturated carbocycles. The molecule has 0 spiro atoms. The molecule has 1 aromatic heterocycles. The van der Waals surface area contributed by atoms with Crippen LogP contribution in [0.15, 0.2) is 30.5 Å². The zero-order chi connectivity index (χ0) is 13.9. The SMILES string of the molecule is O=C(Cn1cc2ccccc2n1)NCC1CNCC1O. The highest BCUT2D eigenvalue weighted by atomic mass is 16.3. The Hall–Kier alpha value is -1.92. The third-order valence-electron chi connectivity index (χ3n) is 3.63. The number of hydrogen-bond donors (Lipinski definition) is 3. The van der Waals surface area contributed by atoms with Crippen LogP contribution in [0.3, 0.4) is 0 Å². The van der Waals surface area contributed by atoms with Crippen LogP contribution < -0.4 is 10.6 Å². The van der Waals surface area contributed by atoms with E-state index in [0.29, 0.717) is 13.1 Å². The van der Waals surface area contributed by atoms with E-state index in [4.69, 9.17) is 0 Å². The Labute approximate surface area is 116 Å². The molecular weight excluding hydrogens is 256 g/mol. The molecule has 1 aliphatic rings. The summed E-state index contributed by atoms with van der Waals surface area (Å²) in [7, 11) is 0. The molecule has 2 atom stereocenters. The summed E-state index contributed by atoms with van der Waals surface area (Å²) in [5.41, 5.74) is 0.885. The van der Waals surface area contributed by atoms with Crippen LogP contribution >= 0.6 is 0 Å². The van der Waals surface area contributed by atoms with Gasteiger partial charge >= 0.3 is 0 Å². The average molecular weight is 274 g/mol. The van der Waals surface area contributed by atoms with Gasteiger partial charge in [-0.2, -0.15) is 5.10 Å². The first-order valence-electron chi connectivity index (χ1n) is 6.80. The molecule has 2 heterocycles. The van der Waals surface area contributed by atoms with Crippen molar-refractivity contribution >= 4 is 16.8 Å². The van der Waals surface area contributed by atoms with Gasteiger partial charge < -0.3 is 15.7 Å². The monoisotopic (exact) mass is 274 g/mol. The van der Waals surface area contributed by atoms with E-state index in [0.717, 1.165) is 17.4 Å². The zero-order valence-corrected chi connectivity index (χ0v) is 11.1. The van der Waals surface area contributed by atoms with Crippen LogP contribution in [-0.4, -0.2) is 46.5 Å². The number of β-amino-alcohol motifs (C(OH)–C–C–N with tert-alkyl or cyclic N) is 1. The van der Waals surface area contributed by atoms with E-state index < -0.39 is 0 Å². The lowest BCUT2D eigenvalue weighted by atomic mass is 10.1. The Bertz CT molecular complexity index is 577. The van der Waals surface area contributed by atoms with Gasteiger partial charge in [0.1, 0.15) is 6.54 Å². The number of aromatic nitrogens is 2. The number of carbonyl (C=O) groups is 1. The first-order chi connectivity index (χ1) is 9.72. The fourth-order valence-electron chi connectivity index (χ4n) is 2.47. The summed E-state index contributed by atoms with van der Waals surface area (Å²) in [6.45, 7) is 2.04. The first kappa shape index (κ1) is 13.1. The maximum absolute atomic E-state index is 11.9. The first-order valence-corrected chi connectivity index (χ1v) is 6.80. The van der Waals surface area contributed by atoms with E-state index in [1.165, 1.54) is 0 Å². The highest BCUT2D eigenvalue weighted by Crippen LogP contribution is 2.10. The lowest BCUT2D eigenvalue weighted by molar-refractivity contribution is -0.122. The number of carbonyl (C=O) groups excluding carboxylic acids is 1. The van der Waals surface area contributed by atoms with E-state index in [1.54, 1.807) is 4.68 Å². The molecule has 2 aromatic rings. The van der Waals surface area contributed by atoms with E-state index in [1.807, 2.05) is 30.5 Å². The van der Waals surface area contributed by atoms with Gasteiger partial charge in [0, 0.05) is 37.1 Å². The van der Waals surface area contributed by atoms with Gasteiger partial charge in [-0.1, -0.05) is 18.2 Å². The molecule has 1 aliphatic heterocycles. The van der Waals surface area contributed by atoms with Gasteiger partial charge in [0.05, 0.1) is 11.6 Å². The highest BCUT2D eigenvalue weighted by Gasteiger charge is 2.24. The summed E-state index contributed by atoms with van der Waals surface area (Å²) < 4.78 is 1.64. The minimum absolute atomic E-state index is 0.0862. The lowest BCUT2D eigenvalue weighted by Gasteiger charge is -2.13. The molecule has 1 fully saturated rings. The van der Waals surface area contributed by atoms with Crippen molar-refractivity contribution in [1.82, 2.24) is 20.4 Å². The van der Waals surface area contributed by atoms with Crippen LogP contribution in [0.5, 0.6) is 0 Å². The number of hydrogen-bond acceptors (Lipinski definition) is 4. The molecule has 1 aromatic carbocycles. The smallest absolute Gasteiger partial charge is 0.241 e. The van der Waals surface area contributed by atoms with Crippen molar-refractivity contribution < 1.29 is 9.90 Å². The summed E-state index contributed by atoms with van der Waals surface area (Å²) in [5.74, 6) is 0.00699. The fraction of sp³-hybridized carbons (Fsp3) is 0.429. The van der Waals surface area contributed by atoms with Crippen molar-refractivity contribution in [2.45, 2.75) is 12.6 Å². The van der Waals surface area contributed by atoms with Crippen molar-refractivity contribution in [3.63, 3.8) is 0 Å². The Morgan fingerprint density at radius 3 is 3.05 bits per heavy atom. The molecule has 3 rings (SSSR count). The molecule has 6 heteroatoms. The molecule has 1 amide bonds. The Morgan fingerprint density at radius 2 is 2.30 bits per heavy atom. The molecule has 20 heavy (non-hydrogen) atoms. The summed E-state index contributed by atoms with van der Waals surface area (Å²) in [4.78, 5) is 11.9. The van der Waals surface area contributed by atoms with Gasteiger partial charge in [-0.3, -0.25) is 9.48 Å². The number of nitrogens with zero attached hydrogens (tertiary/aromatic N) is 2. The quantitative estimate of drug-likeness (QED) is 0.717. The van der Waals surface area contributed by atoms with E-state index >= 15 is 0 Å². The maximum Gasteiger partial charge on any atom is 0.241 e. The molecular formula is C14H18N4O2. The molecule has 6 nitrogen and oxygen atoms in total. The Balaban J connectivity index is 1.55. The second-order valence-electron chi connectivity index (χ2n) is 5.18. The van der Waals surface area contributed by atoms with Gasteiger partial charge in [0.15, 0.2) is 0 Å². The molecule has 0 bridgehead atoms. The normalized spacial score (nSPS) is 22.2. The van der Waals surface area contributed by atoms with Gasteiger partial charge in [0.2, 0.25) is 5.91 Å². The number of benzene rings is 1. The Kier molecular flexibility index (Phi) is 3.66. The summed E-state index contributed by atoms with van der Waals surface area (Å²) in [6, 6.07) is 7.76. The number of fused-ring (bicyclic) bond motifs is 1. The maximum atomic E-state index is 11.9. The van der Waals surface area contributed by atoms with Crippen LogP contribution in [0, 0.1) is 5.92 Å². The van der Waals surface area contributed by atoms with Crippen LogP contribution in [0.1, 0.15) is 0 Å². The number of aliphatic hydroxyl groups excluding tert-OH is 1. The van der Waals surface area contributed by atoms with Crippen LogP contribution in [0.25, 0.3) is 10.9 Å². The summed E-state index contributed by atoms with van der Waals surface area (Å²) in [6.07, 6.45) is 1.49. The second-order valence-corrected chi connectivity index (χ2v) is 5.18. The highest BCUT2D eigenvalue weighted by molar-refractivity contribution is 5.79. The van der Waals surface area contributed by atoms with Crippen LogP contribution in [0.4, 0.5) is 0 Å². The van der Waals surface area contributed by atoms with Crippen LogP contribution in [-0.2, 0) is 11.3 Å². The van der Waals surface area contributed by atoms with Gasteiger partial charge in [0.25, 0.3) is 0 Å². The van der Waals surface area contributed by atoms with E-state index in [2.05, 4.69) is 15.7 Å². The van der Waals surface area contributed by atoms with Crippen molar-refractivity contribution in [3.8, 4) is 0 Å². The minimum Gasteiger partial charge on any atom is -0.391 e. The van der Waals surface area contributed by atoms with E-state index in [-0.39, 0.29) is 24.5 Å². The minimum atomic E-state index is -0.373. The number of rotatable bonds is 4. The van der Waals surface area contributed by atoms with Crippen molar-refractivity contribution in [1.29, 1.82) is 0 Å². The fourth-order valence-corrected chi connectivity index (χ4v) is 2.47. The average Bonchev–Trinajstić information content (AvgIpc) is 3.01. The molecule has 0 radical (unpaired) electrons. The zero-order valence-electron chi connectivity index (χ0n) is 11.1. The van der Waals surface area contributed by atoms with Crippen LogP contribution in [0.2, 0.25) is 0 Å². The van der Waals surface area contributed by atoms with Gasteiger partial charge in [-0.25, -0.2) is 0 Å². The topological polar surface area (TPSA) is 79.2 Å². The molecule has 1 saturated heterocycles. The molecule has 3 N–H and O–H groups in total. The second kappa shape index (κ2) is 5.60. The van der Waals surface area contributed by atoms with Crippen molar-refractivity contribution in [2.75, 3.05) is 19.6 Å². The van der Waals surface area contributed by atoms with Crippen molar-refractivity contribution in [3.05, 3.63) is 30.5 Å². The molecule has 106 valence electrons. The third kappa shape index (κ3) is 2.81. The number of amides is 1. The lowest BCUT2D eigenvalue weighted by Crippen LogP contribution is -2.36. The Morgan fingerprint density at radius 1 is 1.45 bits per heavy atom. The van der Waals surface area contributed by atoms with Gasteiger partial charge in [-0.05, 0) is 6.07 Å². The summed E-state index contributed by atoms with van der Waals surface area (Å²) >= 11 is 0. The van der Waals surface area contributed by atoms with Gasteiger partial charge in [-0.15, -0.1) is 0 Å². The molecule has 0 aliphatic carbocycles.